The molecule has 0 aliphatic heterocycles. The lowest BCUT2D eigenvalue weighted by Crippen LogP contribution is -2.17. The maximum Gasteiger partial charge on any atom is 0.417 e. The Labute approximate surface area is 121 Å². The zero-order chi connectivity index (χ0) is 17.1. The minimum atomic E-state index is -5.16. The maximum atomic E-state index is 12.8. The summed E-state index contributed by atoms with van der Waals surface area (Å²) >= 11 is 0. The molecule has 0 spiro atoms. The number of rotatable bonds is 3. The van der Waals surface area contributed by atoms with Gasteiger partial charge in [0.05, 0.1) is 29.7 Å². The molecule has 0 atom stereocenters. The molecule has 0 bridgehead atoms. The molecule has 0 unspecified atom stereocenters. The van der Waals surface area contributed by atoms with Gasteiger partial charge in [-0.2, -0.15) is 31.6 Å². The third kappa shape index (κ3) is 4.13. The van der Waals surface area contributed by atoms with Crippen molar-refractivity contribution in [3.05, 3.63) is 34.4 Å². The van der Waals surface area contributed by atoms with E-state index in [1.54, 1.807) is 0 Å². The summed E-state index contributed by atoms with van der Waals surface area (Å²) in [6.45, 7) is 1.34. The van der Waals surface area contributed by atoms with E-state index < -0.39 is 47.0 Å². The van der Waals surface area contributed by atoms with Crippen LogP contribution in [0.2, 0.25) is 0 Å². The molecule has 0 saturated heterocycles. The van der Waals surface area contributed by atoms with Crippen molar-refractivity contribution in [3.8, 4) is 6.07 Å². The standard InChI is InChI=1S/C13H9F6NO2/c1-2-22-11(21)4-7-3-8(12(14,15)16)5-10(9(7)6-20)13(17,18)19/h3,5H,2,4H2,1H3. The molecule has 0 aromatic heterocycles. The Hall–Kier alpha value is -2.24. The number of carbonyl (C=O) groups excluding carboxylic acids is 1. The van der Waals surface area contributed by atoms with Crippen LogP contribution < -0.4 is 0 Å². The Morgan fingerprint density at radius 2 is 1.77 bits per heavy atom. The van der Waals surface area contributed by atoms with E-state index in [9.17, 15) is 31.1 Å². The van der Waals surface area contributed by atoms with Gasteiger partial charge in [0.25, 0.3) is 0 Å². The van der Waals surface area contributed by atoms with E-state index in [0.717, 1.165) is 0 Å². The van der Waals surface area contributed by atoms with Gasteiger partial charge in [0, 0.05) is 0 Å². The number of ether oxygens (including phenoxy) is 1. The van der Waals surface area contributed by atoms with Crippen molar-refractivity contribution >= 4 is 5.97 Å². The van der Waals surface area contributed by atoms with Gasteiger partial charge in [-0.15, -0.1) is 0 Å². The second-order valence-corrected chi connectivity index (χ2v) is 4.15. The minimum Gasteiger partial charge on any atom is -0.466 e. The van der Waals surface area contributed by atoms with Crippen LogP contribution in [-0.4, -0.2) is 12.6 Å². The number of halogens is 6. The highest BCUT2D eigenvalue weighted by Crippen LogP contribution is 2.38. The first-order valence-electron chi connectivity index (χ1n) is 5.87. The molecule has 0 aliphatic rings. The van der Waals surface area contributed by atoms with Crippen molar-refractivity contribution in [2.45, 2.75) is 25.7 Å². The summed E-state index contributed by atoms with van der Waals surface area (Å²) in [6.07, 6.45) is -11.1. The second-order valence-electron chi connectivity index (χ2n) is 4.15. The molecular formula is C13H9F6NO2. The molecule has 1 rings (SSSR count). The average Bonchev–Trinajstić information content (AvgIpc) is 2.35. The number of alkyl halides is 6. The Bertz CT molecular complexity index is 613. The first kappa shape index (κ1) is 17.8. The van der Waals surface area contributed by atoms with Gasteiger partial charge in [-0.3, -0.25) is 4.79 Å². The van der Waals surface area contributed by atoms with Crippen LogP contribution in [0.15, 0.2) is 12.1 Å². The van der Waals surface area contributed by atoms with Crippen molar-refractivity contribution < 1.29 is 35.9 Å². The Morgan fingerprint density at radius 3 is 2.18 bits per heavy atom. The lowest BCUT2D eigenvalue weighted by molar-refractivity contribution is -0.145. The van der Waals surface area contributed by atoms with Crippen LogP contribution in [0.4, 0.5) is 26.3 Å². The van der Waals surface area contributed by atoms with E-state index in [2.05, 4.69) is 4.74 Å². The minimum absolute atomic E-state index is 0.0915. The molecule has 9 heteroatoms. The van der Waals surface area contributed by atoms with Crippen molar-refractivity contribution in [2.24, 2.45) is 0 Å². The van der Waals surface area contributed by atoms with Crippen LogP contribution in [0.25, 0.3) is 0 Å². The van der Waals surface area contributed by atoms with Gasteiger partial charge in [0.1, 0.15) is 6.07 Å². The SMILES string of the molecule is CCOC(=O)Cc1cc(C(F)(F)F)cc(C(F)(F)F)c1C#N. The lowest BCUT2D eigenvalue weighted by Gasteiger charge is -2.16. The summed E-state index contributed by atoms with van der Waals surface area (Å²) in [7, 11) is 0. The molecule has 1 aromatic carbocycles. The van der Waals surface area contributed by atoms with E-state index in [0.29, 0.717) is 6.07 Å². The topological polar surface area (TPSA) is 50.1 Å². The molecule has 0 fully saturated rings. The van der Waals surface area contributed by atoms with Crippen molar-refractivity contribution in [1.82, 2.24) is 0 Å². The highest BCUT2D eigenvalue weighted by Gasteiger charge is 2.39. The second kappa shape index (κ2) is 6.25. The van der Waals surface area contributed by atoms with Crippen molar-refractivity contribution in [1.29, 1.82) is 5.26 Å². The Balaban J connectivity index is 3.53. The number of nitrogens with zero attached hydrogens (tertiary/aromatic N) is 1. The summed E-state index contributed by atoms with van der Waals surface area (Å²) < 4.78 is 81.1. The quantitative estimate of drug-likeness (QED) is 0.629. The molecule has 0 heterocycles. The number of carbonyl (C=O) groups is 1. The Kier molecular flexibility index (Phi) is 5.06. The highest BCUT2D eigenvalue weighted by molar-refractivity contribution is 5.74. The zero-order valence-corrected chi connectivity index (χ0v) is 11.1. The molecule has 0 radical (unpaired) electrons. The number of benzene rings is 1. The Morgan fingerprint density at radius 1 is 1.18 bits per heavy atom. The molecule has 22 heavy (non-hydrogen) atoms. The van der Waals surface area contributed by atoms with Gasteiger partial charge < -0.3 is 4.74 Å². The van der Waals surface area contributed by atoms with Crippen LogP contribution in [0.1, 0.15) is 29.2 Å². The van der Waals surface area contributed by atoms with E-state index >= 15 is 0 Å². The van der Waals surface area contributed by atoms with E-state index in [1.807, 2.05) is 0 Å². The predicted molar refractivity (Wildman–Crippen MR) is 61.5 cm³/mol. The first-order chi connectivity index (χ1) is 10.0. The number of nitriles is 1. The van der Waals surface area contributed by atoms with Gasteiger partial charge in [0.15, 0.2) is 0 Å². The monoisotopic (exact) mass is 325 g/mol. The van der Waals surface area contributed by atoms with Crippen molar-refractivity contribution in [3.63, 3.8) is 0 Å². The third-order valence-electron chi connectivity index (χ3n) is 2.60. The molecule has 0 aliphatic carbocycles. The zero-order valence-electron chi connectivity index (χ0n) is 11.1. The van der Waals surface area contributed by atoms with Crippen LogP contribution in [0, 0.1) is 11.3 Å². The predicted octanol–water partition coefficient (Wildman–Crippen LogP) is 3.70. The molecular weight excluding hydrogens is 316 g/mol. The molecule has 3 nitrogen and oxygen atoms in total. The largest absolute Gasteiger partial charge is 0.466 e. The molecule has 0 saturated carbocycles. The van der Waals surface area contributed by atoms with Gasteiger partial charge in [0.2, 0.25) is 0 Å². The normalized spacial score (nSPS) is 11.9. The van der Waals surface area contributed by atoms with Gasteiger partial charge in [-0.05, 0) is 24.6 Å². The maximum absolute atomic E-state index is 12.8. The summed E-state index contributed by atoms with van der Waals surface area (Å²) in [5, 5.41) is 8.82. The first-order valence-corrected chi connectivity index (χ1v) is 5.87. The molecule has 0 N–H and O–H groups in total. The summed E-state index contributed by atoms with van der Waals surface area (Å²) in [5.41, 5.74) is -5.01. The number of hydrogen-bond donors (Lipinski definition) is 0. The smallest absolute Gasteiger partial charge is 0.417 e. The summed E-state index contributed by atoms with van der Waals surface area (Å²) in [6, 6.07) is 1.41. The number of esters is 1. The fourth-order valence-electron chi connectivity index (χ4n) is 1.73. The number of hydrogen-bond acceptors (Lipinski definition) is 3. The molecule has 1 aromatic rings. The van der Waals surface area contributed by atoms with Crippen LogP contribution in [0.5, 0.6) is 0 Å². The van der Waals surface area contributed by atoms with E-state index in [4.69, 9.17) is 5.26 Å². The fraction of sp³-hybridized carbons (Fsp3) is 0.385. The van der Waals surface area contributed by atoms with Crippen LogP contribution >= 0.6 is 0 Å². The average molecular weight is 325 g/mol. The van der Waals surface area contributed by atoms with Crippen LogP contribution in [-0.2, 0) is 28.3 Å². The van der Waals surface area contributed by atoms with E-state index in [-0.39, 0.29) is 12.7 Å². The van der Waals surface area contributed by atoms with Gasteiger partial charge >= 0.3 is 18.3 Å². The van der Waals surface area contributed by atoms with Gasteiger partial charge in [-0.1, -0.05) is 0 Å². The van der Waals surface area contributed by atoms with Crippen molar-refractivity contribution in [2.75, 3.05) is 6.61 Å². The summed E-state index contributed by atoms with van der Waals surface area (Å²) in [5.74, 6) is -1.02. The van der Waals surface area contributed by atoms with Crippen LogP contribution in [0.3, 0.4) is 0 Å². The molecule has 0 amide bonds. The lowest BCUT2D eigenvalue weighted by atomic mass is 9.95. The van der Waals surface area contributed by atoms with E-state index in [1.165, 1.54) is 13.0 Å². The summed E-state index contributed by atoms with van der Waals surface area (Å²) in [4.78, 5) is 11.3. The third-order valence-corrected chi connectivity index (χ3v) is 2.60. The fourth-order valence-corrected chi connectivity index (χ4v) is 1.73. The molecule has 120 valence electrons. The highest BCUT2D eigenvalue weighted by atomic mass is 19.4. The van der Waals surface area contributed by atoms with Gasteiger partial charge in [-0.25, -0.2) is 0 Å².